The molecular formula is C13H18N2S. The van der Waals surface area contributed by atoms with Gasteiger partial charge in [-0.3, -0.25) is 0 Å². The molecular weight excluding hydrogens is 216 g/mol. The Morgan fingerprint density at radius 2 is 2.06 bits per heavy atom. The Bertz CT molecular complexity index is 440. The first kappa shape index (κ1) is 11.4. The first-order chi connectivity index (χ1) is 7.61. The zero-order chi connectivity index (χ0) is 11.6. The number of hydrogen-bond acceptors (Lipinski definition) is 3. The van der Waals surface area contributed by atoms with Crippen LogP contribution in [-0.2, 0) is 0 Å². The molecule has 3 heteroatoms. The first-order valence-corrected chi connectivity index (χ1v) is 6.56. The molecule has 1 aromatic carbocycles. The average molecular weight is 234 g/mol. The van der Waals surface area contributed by atoms with E-state index in [1.54, 1.807) is 11.3 Å². The van der Waals surface area contributed by atoms with Gasteiger partial charge in [-0.15, -0.1) is 0 Å². The Morgan fingerprint density at radius 1 is 1.31 bits per heavy atom. The number of para-hydroxylation sites is 1. The minimum absolute atomic E-state index is 0.128. The fourth-order valence-corrected chi connectivity index (χ4v) is 2.95. The van der Waals surface area contributed by atoms with Gasteiger partial charge in [0.25, 0.3) is 0 Å². The lowest BCUT2D eigenvalue weighted by molar-refractivity contribution is 0.511. The highest BCUT2D eigenvalue weighted by Crippen LogP contribution is 2.28. The van der Waals surface area contributed by atoms with E-state index in [9.17, 15) is 0 Å². The zero-order valence-corrected chi connectivity index (χ0v) is 10.9. The maximum atomic E-state index is 4.59. The summed E-state index contributed by atoms with van der Waals surface area (Å²) >= 11 is 1.73. The highest BCUT2D eigenvalue weighted by Gasteiger charge is 2.17. The second kappa shape index (κ2) is 4.42. The monoisotopic (exact) mass is 234 g/mol. The number of fused-ring (bicyclic) bond motifs is 1. The van der Waals surface area contributed by atoms with E-state index in [1.165, 1.54) is 11.1 Å². The minimum atomic E-state index is 0.128. The number of anilines is 1. The Kier molecular flexibility index (Phi) is 3.15. The van der Waals surface area contributed by atoms with Crippen LogP contribution in [0.5, 0.6) is 0 Å². The summed E-state index contributed by atoms with van der Waals surface area (Å²) in [5.41, 5.74) is 1.21. The van der Waals surface area contributed by atoms with E-state index in [4.69, 9.17) is 0 Å². The third-order valence-electron chi connectivity index (χ3n) is 2.61. The molecule has 16 heavy (non-hydrogen) atoms. The molecule has 0 spiro atoms. The molecule has 2 nitrogen and oxygen atoms in total. The number of rotatable bonds is 4. The third kappa shape index (κ3) is 2.53. The highest BCUT2D eigenvalue weighted by molar-refractivity contribution is 7.22. The molecule has 0 radical (unpaired) electrons. The van der Waals surface area contributed by atoms with Crippen molar-refractivity contribution in [2.45, 2.75) is 39.2 Å². The lowest BCUT2D eigenvalue weighted by atomic mass is 10.00. The van der Waals surface area contributed by atoms with E-state index >= 15 is 0 Å². The van der Waals surface area contributed by atoms with Crippen molar-refractivity contribution in [1.82, 2.24) is 4.98 Å². The van der Waals surface area contributed by atoms with Gasteiger partial charge in [0.1, 0.15) is 0 Å². The maximum Gasteiger partial charge on any atom is 0.184 e. The van der Waals surface area contributed by atoms with Crippen molar-refractivity contribution in [3.05, 3.63) is 24.3 Å². The van der Waals surface area contributed by atoms with E-state index in [0.717, 1.165) is 17.1 Å². The van der Waals surface area contributed by atoms with Gasteiger partial charge in [0.05, 0.1) is 10.2 Å². The molecule has 1 heterocycles. The van der Waals surface area contributed by atoms with Crippen molar-refractivity contribution in [2.75, 3.05) is 5.32 Å². The molecule has 0 aliphatic carbocycles. The van der Waals surface area contributed by atoms with E-state index in [1.807, 2.05) is 6.07 Å². The predicted octanol–water partition coefficient (Wildman–Crippen LogP) is 4.29. The van der Waals surface area contributed by atoms with Crippen LogP contribution >= 0.6 is 11.3 Å². The smallest absolute Gasteiger partial charge is 0.184 e. The molecule has 2 rings (SSSR count). The van der Waals surface area contributed by atoms with Crippen molar-refractivity contribution in [1.29, 1.82) is 0 Å². The SMILES string of the molecule is CCCC(C)(C)Nc1nc2ccccc2s1. The van der Waals surface area contributed by atoms with Gasteiger partial charge >= 0.3 is 0 Å². The molecule has 0 amide bonds. The standard InChI is InChI=1S/C13H18N2S/c1-4-9-13(2,3)15-12-14-10-7-5-6-8-11(10)16-12/h5-8H,4,9H2,1-3H3,(H,14,15). The zero-order valence-electron chi connectivity index (χ0n) is 10.1. The van der Waals surface area contributed by atoms with E-state index in [-0.39, 0.29) is 5.54 Å². The molecule has 1 aromatic heterocycles. The van der Waals surface area contributed by atoms with Crippen molar-refractivity contribution in [3.63, 3.8) is 0 Å². The lowest BCUT2D eigenvalue weighted by Crippen LogP contribution is -2.30. The Morgan fingerprint density at radius 3 is 2.75 bits per heavy atom. The fraction of sp³-hybridized carbons (Fsp3) is 0.462. The number of nitrogens with zero attached hydrogens (tertiary/aromatic N) is 1. The van der Waals surface area contributed by atoms with Crippen molar-refractivity contribution < 1.29 is 0 Å². The van der Waals surface area contributed by atoms with E-state index in [2.05, 4.69) is 49.3 Å². The molecule has 0 bridgehead atoms. The Labute approximate surface area is 101 Å². The summed E-state index contributed by atoms with van der Waals surface area (Å²) in [5, 5.41) is 4.54. The maximum absolute atomic E-state index is 4.59. The normalized spacial score (nSPS) is 11.9. The van der Waals surface area contributed by atoms with Gasteiger partial charge in [-0.1, -0.05) is 36.8 Å². The van der Waals surface area contributed by atoms with Gasteiger partial charge < -0.3 is 5.32 Å². The van der Waals surface area contributed by atoms with Crippen LogP contribution in [0.25, 0.3) is 10.2 Å². The van der Waals surface area contributed by atoms with Gasteiger partial charge in [0.2, 0.25) is 0 Å². The summed E-state index contributed by atoms with van der Waals surface area (Å²) in [6, 6.07) is 8.26. The molecule has 0 aliphatic heterocycles. The Hall–Kier alpha value is -1.09. The van der Waals surface area contributed by atoms with Crippen LogP contribution in [0.3, 0.4) is 0 Å². The molecule has 0 atom stereocenters. The summed E-state index contributed by atoms with van der Waals surface area (Å²) < 4.78 is 1.25. The highest BCUT2D eigenvalue weighted by atomic mass is 32.1. The molecule has 0 saturated heterocycles. The number of hydrogen-bond donors (Lipinski definition) is 1. The molecule has 86 valence electrons. The van der Waals surface area contributed by atoms with Crippen LogP contribution in [0.4, 0.5) is 5.13 Å². The third-order valence-corrected chi connectivity index (χ3v) is 3.57. The Balaban J connectivity index is 2.21. The van der Waals surface area contributed by atoms with E-state index in [0.29, 0.717) is 0 Å². The van der Waals surface area contributed by atoms with E-state index < -0.39 is 0 Å². The number of nitrogens with one attached hydrogen (secondary N) is 1. The largest absolute Gasteiger partial charge is 0.357 e. The van der Waals surface area contributed by atoms with Crippen LogP contribution in [0.1, 0.15) is 33.6 Å². The van der Waals surface area contributed by atoms with Gasteiger partial charge in [-0.25, -0.2) is 4.98 Å². The summed E-state index contributed by atoms with van der Waals surface area (Å²) in [6.07, 6.45) is 2.34. The second-order valence-electron chi connectivity index (χ2n) is 4.75. The number of aromatic nitrogens is 1. The summed E-state index contributed by atoms with van der Waals surface area (Å²) in [5.74, 6) is 0. The predicted molar refractivity (Wildman–Crippen MR) is 72.2 cm³/mol. The molecule has 0 unspecified atom stereocenters. The average Bonchev–Trinajstić information content (AvgIpc) is 2.58. The summed E-state index contributed by atoms with van der Waals surface area (Å²) in [4.78, 5) is 4.59. The van der Waals surface area contributed by atoms with Gasteiger partial charge in [0.15, 0.2) is 5.13 Å². The summed E-state index contributed by atoms with van der Waals surface area (Å²) in [6.45, 7) is 6.66. The first-order valence-electron chi connectivity index (χ1n) is 5.74. The molecule has 2 aromatic rings. The van der Waals surface area contributed by atoms with Gasteiger partial charge in [-0.05, 0) is 32.4 Å². The van der Waals surface area contributed by atoms with Crippen LogP contribution in [0, 0.1) is 0 Å². The lowest BCUT2D eigenvalue weighted by Gasteiger charge is -2.25. The molecule has 1 N–H and O–H groups in total. The van der Waals surface area contributed by atoms with Crippen LogP contribution in [0.2, 0.25) is 0 Å². The second-order valence-corrected chi connectivity index (χ2v) is 5.78. The van der Waals surface area contributed by atoms with Gasteiger partial charge in [0, 0.05) is 5.54 Å². The van der Waals surface area contributed by atoms with Crippen LogP contribution in [-0.4, -0.2) is 10.5 Å². The number of benzene rings is 1. The molecule has 0 saturated carbocycles. The van der Waals surface area contributed by atoms with Crippen molar-refractivity contribution in [2.24, 2.45) is 0 Å². The fourth-order valence-electron chi connectivity index (χ4n) is 1.90. The van der Waals surface area contributed by atoms with Crippen LogP contribution < -0.4 is 5.32 Å². The quantitative estimate of drug-likeness (QED) is 0.853. The topological polar surface area (TPSA) is 24.9 Å². The molecule has 0 aliphatic rings. The van der Waals surface area contributed by atoms with Crippen LogP contribution in [0.15, 0.2) is 24.3 Å². The van der Waals surface area contributed by atoms with Crippen molar-refractivity contribution >= 4 is 26.7 Å². The van der Waals surface area contributed by atoms with Crippen molar-refractivity contribution in [3.8, 4) is 0 Å². The summed E-state index contributed by atoms with van der Waals surface area (Å²) in [7, 11) is 0. The van der Waals surface area contributed by atoms with Gasteiger partial charge in [-0.2, -0.15) is 0 Å². The minimum Gasteiger partial charge on any atom is -0.357 e. The molecule has 0 fully saturated rings. The number of thiazole rings is 1.